The Labute approximate surface area is 282 Å². The zero-order valence-electron chi connectivity index (χ0n) is 25.9. The number of nitrogens with zero attached hydrogens (tertiary/aromatic N) is 3. The molecule has 1 saturated heterocycles. The van der Waals surface area contributed by atoms with Gasteiger partial charge in [0, 0.05) is 61.1 Å². The van der Waals surface area contributed by atoms with Gasteiger partial charge in [0.2, 0.25) is 5.12 Å². The van der Waals surface area contributed by atoms with Crippen molar-refractivity contribution in [3.05, 3.63) is 95.5 Å². The summed E-state index contributed by atoms with van der Waals surface area (Å²) >= 11 is 10.2. The number of nitrogens with one attached hydrogen (secondary N) is 1. The van der Waals surface area contributed by atoms with Gasteiger partial charge in [0.1, 0.15) is 22.7 Å². The predicted molar refractivity (Wildman–Crippen MR) is 181 cm³/mol. The number of halogens is 4. The summed E-state index contributed by atoms with van der Waals surface area (Å²) in [7, 11) is 0. The molecule has 2 aliphatic rings. The van der Waals surface area contributed by atoms with Gasteiger partial charge in [-0.1, -0.05) is 30.3 Å². The zero-order valence-corrected chi connectivity index (χ0v) is 27.5. The highest BCUT2D eigenvalue weighted by molar-refractivity contribution is 7.97. The van der Waals surface area contributed by atoms with Crippen LogP contribution in [0.1, 0.15) is 48.0 Å². The van der Waals surface area contributed by atoms with Crippen LogP contribution in [0.15, 0.2) is 79.3 Å². The first kappa shape index (κ1) is 33.2. The average molecular weight is 685 g/mol. The molecule has 1 N–H and O–H groups in total. The Morgan fingerprint density at radius 1 is 1.13 bits per heavy atom. The number of rotatable bonds is 9. The van der Waals surface area contributed by atoms with Gasteiger partial charge in [-0.05, 0) is 80.0 Å². The van der Waals surface area contributed by atoms with Crippen molar-refractivity contribution in [2.24, 2.45) is 5.92 Å². The fraction of sp³-hybridized carbons (Fsp3) is 0.371. The highest BCUT2D eigenvalue weighted by atomic mass is 35.5. The number of allylic oxidation sites excluding steroid dienone is 1. The molecule has 1 saturated carbocycles. The fourth-order valence-corrected chi connectivity index (χ4v) is 7.09. The number of H-pyrrole nitrogens is 1. The number of pyridine rings is 1. The first-order valence-electron chi connectivity index (χ1n) is 15.5. The Bertz CT molecular complexity index is 1760. The Morgan fingerprint density at radius 3 is 2.57 bits per heavy atom. The molecule has 0 bridgehead atoms. The smallest absolute Gasteiger partial charge is 0.448 e. The minimum Gasteiger partial charge on any atom is -0.483 e. The maximum absolute atomic E-state index is 13.3. The first-order valence-corrected chi connectivity index (χ1v) is 16.4. The summed E-state index contributed by atoms with van der Waals surface area (Å²) in [5.41, 5.74) is 2.11. The van der Waals surface area contributed by atoms with Gasteiger partial charge in [-0.15, -0.1) is 12.6 Å². The second-order valence-corrected chi connectivity index (χ2v) is 13.4. The molecule has 47 heavy (non-hydrogen) atoms. The molecule has 12 heteroatoms. The number of carbonyl (C=O) groups excluding carboxylic acids is 1. The summed E-state index contributed by atoms with van der Waals surface area (Å²) in [6, 6.07) is 16.9. The zero-order chi connectivity index (χ0) is 33.3. The van der Waals surface area contributed by atoms with Gasteiger partial charge in [-0.3, -0.25) is 9.69 Å². The minimum atomic E-state index is -4.60. The third-order valence-electron chi connectivity index (χ3n) is 9.28. The van der Waals surface area contributed by atoms with Crippen LogP contribution in [0.3, 0.4) is 0 Å². The van der Waals surface area contributed by atoms with Gasteiger partial charge >= 0.3 is 6.18 Å². The van der Waals surface area contributed by atoms with E-state index in [4.69, 9.17) is 21.1 Å². The monoisotopic (exact) mass is 684 g/mol. The van der Waals surface area contributed by atoms with Crippen LogP contribution in [0.2, 0.25) is 5.02 Å². The maximum Gasteiger partial charge on any atom is 0.448 e. The Kier molecular flexibility index (Phi) is 9.51. The lowest BCUT2D eigenvalue weighted by Crippen LogP contribution is -2.49. The SMILES string of the molecule is C=C(OC1(C)CCC(CN2CCN(c3ccc(C(=O)S)c(Oc4cnc5[nH]ccc5c4)c3)CC2)C(c2ccc(Cl)cc2)C1)C(F)(F)F. The molecule has 1 aliphatic carbocycles. The third kappa shape index (κ3) is 7.74. The molecule has 3 atom stereocenters. The van der Waals surface area contributed by atoms with Crippen molar-refractivity contribution in [2.75, 3.05) is 37.6 Å². The number of anilines is 1. The normalized spacial score (nSPS) is 22.3. The Hall–Kier alpha value is -3.67. The van der Waals surface area contributed by atoms with Gasteiger partial charge in [0.05, 0.1) is 11.8 Å². The maximum atomic E-state index is 13.3. The number of fused-ring (bicyclic) bond motifs is 1. The summed E-state index contributed by atoms with van der Waals surface area (Å²) in [6.45, 7) is 8.85. The molecule has 248 valence electrons. The van der Waals surface area contributed by atoms with E-state index in [0.29, 0.717) is 34.9 Å². The highest BCUT2D eigenvalue weighted by Crippen LogP contribution is 2.47. The van der Waals surface area contributed by atoms with E-state index < -0.39 is 17.5 Å². The van der Waals surface area contributed by atoms with E-state index in [2.05, 4.69) is 39.0 Å². The number of aromatic nitrogens is 2. The summed E-state index contributed by atoms with van der Waals surface area (Å²) in [6.07, 6.45) is 0.484. The average Bonchev–Trinajstić information content (AvgIpc) is 3.50. The van der Waals surface area contributed by atoms with Gasteiger partial charge in [0.25, 0.3) is 0 Å². The topological polar surface area (TPSA) is 70.7 Å². The van der Waals surface area contributed by atoms with Crippen molar-refractivity contribution in [3.8, 4) is 11.5 Å². The van der Waals surface area contributed by atoms with E-state index in [0.717, 1.165) is 61.4 Å². The number of aromatic amines is 1. The van der Waals surface area contributed by atoms with E-state index in [-0.39, 0.29) is 17.0 Å². The van der Waals surface area contributed by atoms with E-state index in [1.165, 1.54) is 0 Å². The summed E-state index contributed by atoms with van der Waals surface area (Å²) in [5.74, 6) is -0.000566. The highest BCUT2D eigenvalue weighted by Gasteiger charge is 2.44. The van der Waals surface area contributed by atoms with Crippen molar-refractivity contribution in [2.45, 2.75) is 43.9 Å². The number of ether oxygens (including phenoxy) is 2. The number of hydrogen-bond donors (Lipinski definition) is 2. The lowest BCUT2D eigenvalue weighted by Gasteiger charge is -2.46. The van der Waals surface area contributed by atoms with Crippen molar-refractivity contribution in [1.29, 1.82) is 0 Å². The standard InChI is InChI=1S/C35H36ClF3N4O3S/c1-22(35(37,38)39)46-34(2)11-9-25(30(19-34)23-3-5-26(36)6-4-23)21-42-13-15-43(16-14-42)27-7-8-29(33(44)47)31(18-27)45-28-17-24-10-12-40-32(24)41-20-28/h3-8,10,12,17-18,20,25,30H,1,9,11,13-16,19,21H2,2H3,(H,40,41)(H,44,47). The van der Waals surface area contributed by atoms with Crippen LogP contribution in [-0.4, -0.2) is 64.5 Å². The van der Waals surface area contributed by atoms with Crippen LogP contribution in [0.25, 0.3) is 11.0 Å². The number of piperazine rings is 1. The molecule has 0 radical (unpaired) electrons. The van der Waals surface area contributed by atoms with Crippen molar-refractivity contribution >= 4 is 46.1 Å². The summed E-state index contributed by atoms with van der Waals surface area (Å²) in [4.78, 5) is 24.4. The van der Waals surface area contributed by atoms with Crippen LogP contribution in [0, 0.1) is 5.92 Å². The number of alkyl halides is 3. The molecule has 2 aromatic heterocycles. The minimum absolute atomic E-state index is 0.00363. The molecule has 2 fully saturated rings. The molecule has 1 aliphatic heterocycles. The van der Waals surface area contributed by atoms with E-state index in [1.807, 2.05) is 48.5 Å². The summed E-state index contributed by atoms with van der Waals surface area (Å²) < 4.78 is 51.6. The number of thiol groups is 1. The molecular weight excluding hydrogens is 649 g/mol. The van der Waals surface area contributed by atoms with Crippen molar-refractivity contribution in [1.82, 2.24) is 14.9 Å². The molecule has 7 nitrogen and oxygen atoms in total. The summed E-state index contributed by atoms with van der Waals surface area (Å²) in [5, 5.41) is 1.12. The lowest BCUT2D eigenvalue weighted by molar-refractivity contribution is -0.162. The number of benzene rings is 2. The molecular formula is C35H36ClF3N4O3S. The van der Waals surface area contributed by atoms with Crippen molar-refractivity contribution in [3.63, 3.8) is 0 Å². The number of carbonyl (C=O) groups is 1. The molecule has 4 aromatic rings. The number of hydrogen-bond acceptors (Lipinski definition) is 6. The first-order chi connectivity index (χ1) is 22.4. The molecule has 6 rings (SSSR count). The van der Waals surface area contributed by atoms with Gasteiger partial charge in [-0.25, -0.2) is 4.98 Å². The van der Waals surface area contributed by atoms with Crippen molar-refractivity contribution < 1.29 is 27.4 Å². The second kappa shape index (κ2) is 13.4. The third-order valence-corrected chi connectivity index (χ3v) is 9.77. The van der Waals surface area contributed by atoms with E-state index >= 15 is 0 Å². The van der Waals surface area contributed by atoms with Gasteiger partial charge in [-0.2, -0.15) is 13.2 Å². The molecule has 0 amide bonds. The van der Waals surface area contributed by atoms with Crippen LogP contribution in [0.5, 0.6) is 11.5 Å². The second-order valence-electron chi connectivity index (χ2n) is 12.6. The van der Waals surface area contributed by atoms with E-state index in [1.54, 1.807) is 25.4 Å². The fourth-order valence-electron chi connectivity index (χ4n) is 6.78. The Morgan fingerprint density at radius 2 is 1.87 bits per heavy atom. The largest absolute Gasteiger partial charge is 0.483 e. The van der Waals surface area contributed by atoms with Crippen LogP contribution in [-0.2, 0) is 4.74 Å². The van der Waals surface area contributed by atoms with Crippen LogP contribution in [0.4, 0.5) is 18.9 Å². The molecule has 3 heterocycles. The Balaban J connectivity index is 1.13. The molecule has 2 aromatic carbocycles. The molecule has 3 unspecified atom stereocenters. The predicted octanol–water partition coefficient (Wildman–Crippen LogP) is 8.64. The lowest BCUT2D eigenvalue weighted by atomic mass is 9.69. The van der Waals surface area contributed by atoms with Crippen LogP contribution >= 0.6 is 24.2 Å². The van der Waals surface area contributed by atoms with Crippen LogP contribution < -0.4 is 9.64 Å². The molecule has 0 spiro atoms. The quantitative estimate of drug-likeness (QED) is 0.136. The van der Waals surface area contributed by atoms with Gasteiger partial charge in [0.15, 0.2) is 5.76 Å². The van der Waals surface area contributed by atoms with E-state index in [9.17, 15) is 18.0 Å². The van der Waals surface area contributed by atoms with Gasteiger partial charge < -0.3 is 19.4 Å².